The third-order valence-electron chi connectivity index (χ3n) is 4.59. The molecule has 0 spiro atoms. The number of hydrogen-bond donors (Lipinski definition) is 2. The summed E-state index contributed by atoms with van der Waals surface area (Å²) in [6.07, 6.45) is 3.44. The van der Waals surface area contributed by atoms with Crippen molar-refractivity contribution in [1.82, 2.24) is 20.1 Å². The summed E-state index contributed by atoms with van der Waals surface area (Å²) in [7, 11) is 0. The number of amides is 2. The Morgan fingerprint density at radius 2 is 1.79 bits per heavy atom. The summed E-state index contributed by atoms with van der Waals surface area (Å²) in [6, 6.07) is 14.6. The third kappa shape index (κ3) is 4.72. The Bertz CT molecular complexity index is 960. The number of nitrogens with zero attached hydrogens (tertiary/aromatic N) is 5. The lowest BCUT2D eigenvalue weighted by Gasteiger charge is -2.35. The second kappa shape index (κ2) is 8.74. The van der Waals surface area contributed by atoms with Gasteiger partial charge < -0.3 is 20.4 Å². The van der Waals surface area contributed by atoms with E-state index in [2.05, 4.69) is 30.7 Å². The third-order valence-corrected chi connectivity index (χ3v) is 4.92. The highest BCUT2D eigenvalue weighted by Crippen LogP contribution is 2.21. The molecule has 3 aromatic rings. The molecule has 2 amide bonds. The van der Waals surface area contributed by atoms with Crippen LogP contribution in [0.25, 0.3) is 0 Å². The smallest absolute Gasteiger partial charge is 0.322 e. The molecule has 8 nitrogen and oxygen atoms in total. The number of pyridine rings is 1. The van der Waals surface area contributed by atoms with Gasteiger partial charge in [-0.3, -0.25) is 4.98 Å². The average molecular weight is 410 g/mol. The van der Waals surface area contributed by atoms with Crippen LogP contribution in [0.15, 0.2) is 60.9 Å². The molecule has 2 aromatic heterocycles. The molecule has 9 heteroatoms. The minimum Gasteiger partial charge on any atom is -0.352 e. The van der Waals surface area contributed by atoms with Gasteiger partial charge in [0, 0.05) is 32.4 Å². The first kappa shape index (κ1) is 18.9. The molecule has 0 radical (unpaired) electrons. The van der Waals surface area contributed by atoms with Crippen LogP contribution in [0.4, 0.5) is 27.8 Å². The Morgan fingerprint density at radius 3 is 2.48 bits per heavy atom. The highest BCUT2D eigenvalue weighted by molar-refractivity contribution is 6.33. The van der Waals surface area contributed by atoms with Gasteiger partial charge in [-0.2, -0.15) is 0 Å². The fraction of sp³-hybridized carbons (Fsp3) is 0.200. The molecule has 4 rings (SSSR count). The molecule has 1 fully saturated rings. The van der Waals surface area contributed by atoms with Crippen LogP contribution in [-0.2, 0) is 0 Å². The lowest BCUT2D eigenvalue weighted by Crippen LogP contribution is -2.50. The molecular formula is C20H20ClN7O. The number of urea groups is 1. The van der Waals surface area contributed by atoms with Crippen molar-refractivity contribution in [1.29, 1.82) is 0 Å². The van der Waals surface area contributed by atoms with Gasteiger partial charge in [-0.05, 0) is 36.4 Å². The van der Waals surface area contributed by atoms with Crippen molar-refractivity contribution < 1.29 is 4.79 Å². The predicted octanol–water partition coefficient (Wildman–Crippen LogP) is 3.62. The van der Waals surface area contributed by atoms with E-state index in [1.807, 2.05) is 36.4 Å². The van der Waals surface area contributed by atoms with E-state index < -0.39 is 0 Å². The van der Waals surface area contributed by atoms with Crippen LogP contribution in [-0.4, -0.2) is 52.3 Å². The maximum atomic E-state index is 12.5. The summed E-state index contributed by atoms with van der Waals surface area (Å²) < 4.78 is 0. The van der Waals surface area contributed by atoms with E-state index in [-0.39, 0.29) is 6.03 Å². The number of carbonyl (C=O) groups excluding carboxylic acids is 1. The van der Waals surface area contributed by atoms with E-state index >= 15 is 0 Å². The number of rotatable bonds is 4. The molecule has 0 saturated carbocycles. The lowest BCUT2D eigenvalue weighted by molar-refractivity contribution is 0.208. The van der Waals surface area contributed by atoms with Crippen LogP contribution in [0.3, 0.4) is 0 Å². The number of carbonyl (C=O) groups is 1. The normalized spacial score (nSPS) is 13.8. The van der Waals surface area contributed by atoms with Gasteiger partial charge in [0.1, 0.15) is 0 Å². The minimum atomic E-state index is -0.153. The van der Waals surface area contributed by atoms with Crippen LogP contribution in [0.5, 0.6) is 0 Å². The molecular weight excluding hydrogens is 390 g/mol. The van der Waals surface area contributed by atoms with E-state index in [1.54, 1.807) is 29.4 Å². The first-order valence-corrected chi connectivity index (χ1v) is 9.63. The summed E-state index contributed by atoms with van der Waals surface area (Å²) in [4.78, 5) is 20.4. The van der Waals surface area contributed by atoms with E-state index in [1.165, 1.54) is 0 Å². The number of hydrogen-bond acceptors (Lipinski definition) is 6. The van der Waals surface area contributed by atoms with Gasteiger partial charge in [-0.15, -0.1) is 10.2 Å². The van der Waals surface area contributed by atoms with Gasteiger partial charge in [-0.25, -0.2) is 4.79 Å². The molecule has 29 heavy (non-hydrogen) atoms. The Kier molecular flexibility index (Phi) is 5.71. The molecule has 1 saturated heterocycles. The van der Waals surface area contributed by atoms with E-state index in [4.69, 9.17) is 11.6 Å². The minimum absolute atomic E-state index is 0.153. The number of piperazine rings is 1. The second-order valence-corrected chi connectivity index (χ2v) is 6.93. The van der Waals surface area contributed by atoms with Crippen molar-refractivity contribution in [2.24, 2.45) is 0 Å². The topological polar surface area (TPSA) is 86.3 Å². The first-order valence-electron chi connectivity index (χ1n) is 9.25. The zero-order valence-corrected chi connectivity index (χ0v) is 16.4. The monoisotopic (exact) mass is 409 g/mol. The van der Waals surface area contributed by atoms with Crippen LogP contribution in [0.2, 0.25) is 5.02 Å². The average Bonchev–Trinajstić information content (AvgIpc) is 2.77. The van der Waals surface area contributed by atoms with Crippen molar-refractivity contribution in [2.45, 2.75) is 0 Å². The van der Waals surface area contributed by atoms with Crippen LogP contribution in [0, 0.1) is 0 Å². The summed E-state index contributed by atoms with van der Waals surface area (Å²) in [5.41, 5.74) is 1.47. The highest BCUT2D eigenvalue weighted by Gasteiger charge is 2.22. The molecule has 0 atom stereocenters. The number of nitrogens with one attached hydrogen (secondary N) is 2. The quantitative estimate of drug-likeness (QED) is 0.684. The SMILES string of the molecule is O=C(Nc1ccccc1Cl)N1CCN(c2ccc(Nc3cccnc3)nn2)CC1. The van der Waals surface area contributed by atoms with Crippen LogP contribution in [0.1, 0.15) is 0 Å². The summed E-state index contributed by atoms with van der Waals surface area (Å²) >= 11 is 6.11. The van der Waals surface area contributed by atoms with E-state index in [9.17, 15) is 4.79 Å². The largest absolute Gasteiger partial charge is 0.352 e. The van der Waals surface area contributed by atoms with Gasteiger partial charge in [0.25, 0.3) is 0 Å². The predicted molar refractivity (Wildman–Crippen MR) is 114 cm³/mol. The first-order chi connectivity index (χ1) is 14.2. The molecule has 2 N–H and O–H groups in total. The Labute approximate surface area is 173 Å². The van der Waals surface area contributed by atoms with Crippen LogP contribution < -0.4 is 15.5 Å². The van der Waals surface area contributed by atoms with Crippen molar-refractivity contribution in [2.75, 3.05) is 41.7 Å². The maximum absolute atomic E-state index is 12.5. The number of halogens is 1. The molecule has 0 unspecified atom stereocenters. The fourth-order valence-electron chi connectivity index (χ4n) is 3.04. The molecule has 1 aliphatic heterocycles. The van der Waals surface area contributed by atoms with Gasteiger partial charge in [-0.1, -0.05) is 23.7 Å². The van der Waals surface area contributed by atoms with E-state index in [0.29, 0.717) is 42.7 Å². The lowest BCUT2D eigenvalue weighted by atomic mass is 10.3. The van der Waals surface area contributed by atoms with Gasteiger partial charge >= 0.3 is 6.03 Å². The number of aromatic nitrogens is 3. The Morgan fingerprint density at radius 1 is 0.966 bits per heavy atom. The number of para-hydroxylation sites is 1. The molecule has 1 aromatic carbocycles. The fourth-order valence-corrected chi connectivity index (χ4v) is 3.22. The van der Waals surface area contributed by atoms with Gasteiger partial charge in [0.15, 0.2) is 11.6 Å². The van der Waals surface area contributed by atoms with E-state index in [0.717, 1.165) is 11.5 Å². The van der Waals surface area contributed by atoms with Crippen molar-refractivity contribution >= 4 is 40.6 Å². The highest BCUT2D eigenvalue weighted by atomic mass is 35.5. The van der Waals surface area contributed by atoms with Gasteiger partial charge in [0.2, 0.25) is 0 Å². The molecule has 0 bridgehead atoms. The Hall–Kier alpha value is -3.39. The summed E-state index contributed by atoms with van der Waals surface area (Å²) in [5.74, 6) is 1.44. The van der Waals surface area contributed by atoms with Crippen molar-refractivity contribution in [3.8, 4) is 0 Å². The summed E-state index contributed by atoms with van der Waals surface area (Å²) in [6.45, 7) is 2.54. The number of benzene rings is 1. The van der Waals surface area contributed by atoms with Crippen molar-refractivity contribution in [3.63, 3.8) is 0 Å². The van der Waals surface area contributed by atoms with Crippen molar-refractivity contribution in [3.05, 3.63) is 65.9 Å². The maximum Gasteiger partial charge on any atom is 0.322 e. The zero-order chi connectivity index (χ0) is 20.1. The molecule has 1 aliphatic rings. The second-order valence-electron chi connectivity index (χ2n) is 6.53. The summed E-state index contributed by atoms with van der Waals surface area (Å²) in [5, 5.41) is 15.1. The van der Waals surface area contributed by atoms with Crippen LogP contribution >= 0.6 is 11.6 Å². The standard InChI is InChI=1S/C20H20ClN7O/c21-16-5-1-2-6-17(16)24-20(29)28-12-10-27(11-13-28)19-8-7-18(25-26-19)23-15-4-3-9-22-14-15/h1-9,14H,10-13H2,(H,23,25)(H,24,29). The Balaban J connectivity index is 1.31. The van der Waals surface area contributed by atoms with Gasteiger partial charge in [0.05, 0.1) is 22.6 Å². The molecule has 148 valence electrons. The number of anilines is 4. The zero-order valence-electron chi connectivity index (χ0n) is 15.6. The molecule has 0 aliphatic carbocycles. The molecule has 3 heterocycles.